The number of nitrogens with one attached hydrogen (secondary N) is 1. The zero-order valence-electron chi connectivity index (χ0n) is 11.7. The molecule has 0 amide bonds. The molecule has 0 aliphatic carbocycles. The highest BCUT2D eigenvalue weighted by molar-refractivity contribution is 5.38. The van der Waals surface area contributed by atoms with E-state index in [0.29, 0.717) is 6.04 Å². The summed E-state index contributed by atoms with van der Waals surface area (Å²) in [5, 5.41) is 3.26. The predicted octanol–water partition coefficient (Wildman–Crippen LogP) is 3.36. The van der Waals surface area contributed by atoms with Crippen molar-refractivity contribution in [2.75, 3.05) is 13.7 Å². The SMILES string of the molecule is CCC(COc1ccccc1C(C)(C)C)NC. The van der Waals surface area contributed by atoms with Crippen molar-refractivity contribution in [1.29, 1.82) is 0 Å². The van der Waals surface area contributed by atoms with E-state index in [2.05, 4.69) is 51.2 Å². The smallest absolute Gasteiger partial charge is 0.123 e. The highest BCUT2D eigenvalue weighted by atomic mass is 16.5. The fraction of sp³-hybridized carbons (Fsp3) is 0.600. The van der Waals surface area contributed by atoms with E-state index in [1.807, 2.05) is 13.1 Å². The van der Waals surface area contributed by atoms with Crippen molar-refractivity contribution in [2.24, 2.45) is 0 Å². The third kappa shape index (κ3) is 4.04. The summed E-state index contributed by atoms with van der Waals surface area (Å²) in [6.45, 7) is 9.53. The molecule has 1 aromatic rings. The summed E-state index contributed by atoms with van der Waals surface area (Å²) in [5.74, 6) is 1.01. The Kier molecular flexibility index (Phi) is 5.01. The minimum Gasteiger partial charge on any atom is -0.492 e. The third-order valence-corrected chi connectivity index (χ3v) is 3.04. The average molecular weight is 235 g/mol. The largest absolute Gasteiger partial charge is 0.492 e. The normalized spacial score (nSPS) is 13.5. The molecule has 0 bridgehead atoms. The highest BCUT2D eigenvalue weighted by Crippen LogP contribution is 2.30. The van der Waals surface area contributed by atoms with Gasteiger partial charge in [-0.3, -0.25) is 0 Å². The van der Waals surface area contributed by atoms with Crippen LogP contribution in [0, 0.1) is 0 Å². The standard InChI is InChI=1S/C15H25NO/c1-6-12(16-5)11-17-14-10-8-7-9-13(14)15(2,3)4/h7-10,12,16H,6,11H2,1-5H3. The van der Waals surface area contributed by atoms with Gasteiger partial charge in [-0.1, -0.05) is 45.9 Å². The maximum absolute atomic E-state index is 5.95. The van der Waals surface area contributed by atoms with Crippen molar-refractivity contribution in [1.82, 2.24) is 5.32 Å². The Morgan fingerprint density at radius 1 is 1.24 bits per heavy atom. The van der Waals surface area contributed by atoms with Crippen LogP contribution in [0.25, 0.3) is 0 Å². The molecule has 0 fully saturated rings. The molecule has 17 heavy (non-hydrogen) atoms. The van der Waals surface area contributed by atoms with Crippen LogP contribution < -0.4 is 10.1 Å². The van der Waals surface area contributed by atoms with E-state index in [1.54, 1.807) is 0 Å². The van der Waals surface area contributed by atoms with Gasteiger partial charge in [0.1, 0.15) is 12.4 Å². The van der Waals surface area contributed by atoms with Gasteiger partial charge in [0.2, 0.25) is 0 Å². The minimum absolute atomic E-state index is 0.123. The molecule has 2 nitrogen and oxygen atoms in total. The Morgan fingerprint density at radius 2 is 1.88 bits per heavy atom. The molecule has 0 saturated carbocycles. The molecule has 0 radical (unpaired) electrons. The zero-order chi connectivity index (χ0) is 12.9. The lowest BCUT2D eigenvalue weighted by Crippen LogP contribution is -2.31. The molecule has 1 atom stereocenters. The first-order valence-corrected chi connectivity index (χ1v) is 6.38. The Hall–Kier alpha value is -1.02. The number of benzene rings is 1. The van der Waals surface area contributed by atoms with Crippen molar-refractivity contribution >= 4 is 0 Å². The molecule has 1 aromatic carbocycles. The van der Waals surface area contributed by atoms with E-state index >= 15 is 0 Å². The van der Waals surface area contributed by atoms with E-state index in [0.717, 1.165) is 18.8 Å². The second kappa shape index (κ2) is 6.06. The summed E-state index contributed by atoms with van der Waals surface area (Å²) >= 11 is 0. The minimum atomic E-state index is 0.123. The lowest BCUT2D eigenvalue weighted by molar-refractivity contribution is 0.261. The van der Waals surface area contributed by atoms with Crippen LogP contribution in [0.2, 0.25) is 0 Å². The van der Waals surface area contributed by atoms with E-state index < -0.39 is 0 Å². The maximum atomic E-state index is 5.95. The molecule has 2 heteroatoms. The molecule has 96 valence electrons. The average Bonchev–Trinajstić information content (AvgIpc) is 2.29. The molecule has 0 aromatic heterocycles. The van der Waals surface area contributed by atoms with E-state index in [1.165, 1.54) is 5.56 Å². The third-order valence-electron chi connectivity index (χ3n) is 3.04. The molecule has 0 aliphatic rings. The first-order valence-electron chi connectivity index (χ1n) is 6.38. The van der Waals surface area contributed by atoms with Gasteiger partial charge in [0.05, 0.1) is 0 Å². The van der Waals surface area contributed by atoms with E-state index in [9.17, 15) is 0 Å². The summed E-state index contributed by atoms with van der Waals surface area (Å²) in [6, 6.07) is 8.73. The van der Waals surface area contributed by atoms with Gasteiger partial charge >= 0.3 is 0 Å². The molecule has 0 heterocycles. The number of hydrogen-bond acceptors (Lipinski definition) is 2. The maximum Gasteiger partial charge on any atom is 0.123 e. The van der Waals surface area contributed by atoms with Crippen LogP contribution in [0.1, 0.15) is 39.7 Å². The molecule has 1 N–H and O–H groups in total. The van der Waals surface area contributed by atoms with Gasteiger partial charge in [0.15, 0.2) is 0 Å². The fourth-order valence-electron chi connectivity index (χ4n) is 1.81. The summed E-state index contributed by atoms with van der Waals surface area (Å²) < 4.78 is 5.95. The first-order chi connectivity index (χ1) is 7.99. The van der Waals surface area contributed by atoms with Gasteiger partial charge in [-0.2, -0.15) is 0 Å². The van der Waals surface area contributed by atoms with Crippen LogP contribution in [0.5, 0.6) is 5.75 Å². The van der Waals surface area contributed by atoms with Crippen molar-refractivity contribution < 1.29 is 4.74 Å². The molecule has 0 aliphatic heterocycles. The van der Waals surface area contributed by atoms with Crippen LogP contribution in [0.4, 0.5) is 0 Å². The van der Waals surface area contributed by atoms with E-state index in [4.69, 9.17) is 4.74 Å². The van der Waals surface area contributed by atoms with Crippen molar-refractivity contribution in [3.63, 3.8) is 0 Å². The molecule has 0 spiro atoms. The molecular formula is C15H25NO. The molecular weight excluding hydrogens is 210 g/mol. The second-order valence-corrected chi connectivity index (χ2v) is 5.45. The van der Waals surface area contributed by atoms with Crippen LogP contribution in [-0.4, -0.2) is 19.7 Å². The summed E-state index contributed by atoms with van der Waals surface area (Å²) in [4.78, 5) is 0. The van der Waals surface area contributed by atoms with Gasteiger partial charge < -0.3 is 10.1 Å². The number of likely N-dealkylation sites (N-methyl/N-ethyl adjacent to an activating group) is 1. The quantitative estimate of drug-likeness (QED) is 0.845. The monoisotopic (exact) mass is 235 g/mol. The topological polar surface area (TPSA) is 21.3 Å². The lowest BCUT2D eigenvalue weighted by atomic mass is 9.86. The molecule has 1 rings (SSSR count). The summed E-state index contributed by atoms with van der Waals surface area (Å²) in [7, 11) is 1.98. The van der Waals surface area contributed by atoms with Gasteiger partial charge in [-0.25, -0.2) is 0 Å². The fourth-order valence-corrected chi connectivity index (χ4v) is 1.81. The van der Waals surface area contributed by atoms with Gasteiger partial charge in [0.25, 0.3) is 0 Å². The number of ether oxygens (including phenoxy) is 1. The Balaban J connectivity index is 2.77. The lowest BCUT2D eigenvalue weighted by Gasteiger charge is -2.24. The number of para-hydroxylation sites is 1. The Labute approximate surface area is 105 Å². The Morgan fingerprint density at radius 3 is 2.41 bits per heavy atom. The number of rotatable bonds is 5. The van der Waals surface area contributed by atoms with Crippen molar-refractivity contribution in [3.05, 3.63) is 29.8 Å². The van der Waals surface area contributed by atoms with E-state index in [-0.39, 0.29) is 5.41 Å². The van der Waals surface area contributed by atoms with Crippen LogP contribution in [0.15, 0.2) is 24.3 Å². The van der Waals surface area contributed by atoms with Crippen LogP contribution in [-0.2, 0) is 5.41 Å². The van der Waals surface area contributed by atoms with Gasteiger partial charge in [-0.15, -0.1) is 0 Å². The molecule has 1 unspecified atom stereocenters. The predicted molar refractivity (Wildman–Crippen MR) is 73.8 cm³/mol. The second-order valence-electron chi connectivity index (χ2n) is 5.45. The van der Waals surface area contributed by atoms with Gasteiger partial charge in [0, 0.05) is 6.04 Å². The Bertz CT molecular complexity index is 337. The van der Waals surface area contributed by atoms with Crippen LogP contribution in [0.3, 0.4) is 0 Å². The summed E-state index contributed by atoms with van der Waals surface area (Å²) in [5.41, 5.74) is 1.39. The zero-order valence-corrected chi connectivity index (χ0v) is 11.7. The first kappa shape index (κ1) is 14.0. The van der Waals surface area contributed by atoms with Crippen molar-refractivity contribution in [2.45, 2.75) is 45.6 Å². The van der Waals surface area contributed by atoms with Crippen molar-refractivity contribution in [3.8, 4) is 5.75 Å². The molecule has 0 saturated heterocycles. The highest BCUT2D eigenvalue weighted by Gasteiger charge is 2.18. The van der Waals surface area contributed by atoms with Crippen LogP contribution >= 0.6 is 0 Å². The summed E-state index contributed by atoms with van der Waals surface area (Å²) in [6.07, 6.45) is 1.08. The van der Waals surface area contributed by atoms with Gasteiger partial charge in [-0.05, 0) is 30.5 Å². The number of hydrogen-bond donors (Lipinski definition) is 1.